The monoisotopic (exact) mass is 322 g/mol. The van der Waals surface area contributed by atoms with Crippen molar-refractivity contribution in [3.05, 3.63) is 0 Å². The van der Waals surface area contributed by atoms with Crippen LogP contribution >= 0.6 is 0 Å². The predicted octanol–water partition coefficient (Wildman–Crippen LogP) is 1.90. The van der Waals surface area contributed by atoms with Crippen LogP contribution in [0.5, 0.6) is 0 Å². The molecule has 1 saturated heterocycles. The van der Waals surface area contributed by atoms with Crippen LogP contribution in [0.2, 0.25) is 0 Å². The zero-order valence-corrected chi connectivity index (χ0v) is 15.1. The van der Waals surface area contributed by atoms with E-state index in [9.17, 15) is 13.0 Å². The molecule has 0 unspecified atom stereocenters. The van der Waals surface area contributed by atoms with Gasteiger partial charge in [-0.25, -0.2) is 8.42 Å². The van der Waals surface area contributed by atoms with Crippen molar-refractivity contribution in [2.45, 2.75) is 47.0 Å². The van der Waals surface area contributed by atoms with Crippen LogP contribution in [-0.2, 0) is 10.1 Å². The molecule has 0 aliphatic carbocycles. The van der Waals surface area contributed by atoms with E-state index in [1.807, 2.05) is 0 Å². The molecule has 0 saturated carbocycles. The van der Waals surface area contributed by atoms with Gasteiger partial charge in [-0.3, -0.25) is 0 Å². The first-order chi connectivity index (χ1) is 9.82. The van der Waals surface area contributed by atoms with Crippen LogP contribution in [0.15, 0.2) is 0 Å². The Bertz CT molecular complexity index is 330. The van der Waals surface area contributed by atoms with E-state index in [1.165, 1.54) is 43.5 Å². The molecule has 0 N–H and O–H groups in total. The van der Waals surface area contributed by atoms with Crippen LogP contribution in [0.25, 0.3) is 0 Å². The smallest absolute Gasteiger partial charge is 0.0946 e. The van der Waals surface area contributed by atoms with E-state index >= 15 is 0 Å². The second kappa shape index (κ2) is 10.5. The van der Waals surface area contributed by atoms with E-state index in [0.29, 0.717) is 6.42 Å². The zero-order valence-electron chi connectivity index (χ0n) is 14.3. The highest BCUT2D eigenvalue weighted by Crippen LogP contribution is 2.07. The van der Waals surface area contributed by atoms with Crippen molar-refractivity contribution in [2.75, 3.05) is 51.6 Å². The Kier molecular flexibility index (Phi) is 10.5. The first-order valence-corrected chi connectivity index (χ1v) is 9.91. The number of likely N-dealkylation sites (tertiary alicyclic amines) is 1. The van der Waals surface area contributed by atoms with Gasteiger partial charge in [0, 0.05) is 5.75 Å². The van der Waals surface area contributed by atoms with Gasteiger partial charge in [0.2, 0.25) is 0 Å². The summed E-state index contributed by atoms with van der Waals surface area (Å²) in [5.41, 5.74) is 0. The molecule has 0 aromatic carbocycles. The summed E-state index contributed by atoms with van der Waals surface area (Å²) in [6, 6.07) is 0. The molecule has 0 spiro atoms. The van der Waals surface area contributed by atoms with Crippen molar-refractivity contribution >= 4 is 10.1 Å². The standard InChI is InChI=1S/C8H20N.C7H15NO3S/c1-5-9(6-2,7-3)8-4;9-12(10,11)7-3-6-8-4-1-2-5-8/h5-8H2,1-4H3;1-7H2,(H,9,10,11)/q+1;/p-1. The number of nitrogens with zero attached hydrogens (tertiary/aromatic N) is 2. The van der Waals surface area contributed by atoms with Gasteiger partial charge in [-0.05, 0) is 66.6 Å². The SMILES string of the molecule is CC[N+](CC)(CC)CC.O=S(=O)([O-])CCCN1CCCC1. The lowest BCUT2D eigenvalue weighted by molar-refractivity contribution is -0.921. The molecular weight excluding hydrogens is 288 g/mol. The average molecular weight is 323 g/mol. The molecule has 5 nitrogen and oxygen atoms in total. The highest BCUT2D eigenvalue weighted by molar-refractivity contribution is 7.85. The molecule has 1 fully saturated rings. The van der Waals surface area contributed by atoms with Crippen molar-refractivity contribution in [3.8, 4) is 0 Å². The fraction of sp³-hybridized carbons (Fsp3) is 1.00. The first-order valence-electron chi connectivity index (χ1n) is 8.33. The van der Waals surface area contributed by atoms with Crippen molar-refractivity contribution in [2.24, 2.45) is 0 Å². The van der Waals surface area contributed by atoms with Crippen LogP contribution in [0.1, 0.15) is 47.0 Å². The van der Waals surface area contributed by atoms with Gasteiger partial charge in [-0.15, -0.1) is 0 Å². The third-order valence-corrected chi connectivity index (χ3v) is 5.54. The van der Waals surface area contributed by atoms with Gasteiger partial charge in [0.1, 0.15) is 0 Å². The Hall–Kier alpha value is -0.170. The van der Waals surface area contributed by atoms with Crippen LogP contribution in [-0.4, -0.2) is 73.9 Å². The molecule has 128 valence electrons. The topological polar surface area (TPSA) is 60.4 Å². The van der Waals surface area contributed by atoms with E-state index in [-0.39, 0.29) is 5.75 Å². The van der Waals surface area contributed by atoms with E-state index in [0.717, 1.165) is 19.6 Å². The second-order valence-electron chi connectivity index (χ2n) is 5.77. The fourth-order valence-electron chi connectivity index (χ4n) is 2.81. The molecular formula is C15H34N2O3S. The predicted molar refractivity (Wildman–Crippen MR) is 87.3 cm³/mol. The Morgan fingerprint density at radius 2 is 1.38 bits per heavy atom. The number of hydrogen-bond acceptors (Lipinski definition) is 4. The molecule has 0 amide bonds. The van der Waals surface area contributed by atoms with Crippen molar-refractivity contribution in [3.63, 3.8) is 0 Å². The van der Waals surface area contributed by atoms with E-state index in [2.05, 4.69) is 32.6 Å². The Morgan fingerprint density at radius 3 is 1.67 bits per heavy atom. The molecule has 0 atom stereocenters. The summed E-state index contributed by atoms with van der Waals surface area (Å²) in [6.07, 6.45) is 2.88. The third kappa shape index (κ3) is 9.45. The van der Waals surface area contributed by atoms with E-state index in [1.54, 1.807) is 0 Å². The molecule has 1 aliphatic heterocycles. The summed E-state index contributed by atoms with van der Waals surface area (Å²) < 4.78 is 32.0. The summed E-state index contributed by atoms with van der Waals surface area (Å²) in [4.78, 5) is 2.20. The maximum Gasteiger partial charge on any atom is 0.0946 e. The molecule has 0 aromatic heterocycles. The quantitative estimate of drug-likeness (QED) is 0.506. The maximum absolute atomic E-state index is 10.2. The Labute approximate surface area is 131 Å². The van der Waals surface area contributed by atoms with Crippen LogP contribution in [0, 0.1) is 0 Å². The van der Waals surface area contributed by atoms with Gasteiger partial charge in [0.15, 0.2) is 0 Å². The van der Waals surface area contributed by atoms with Gasteiger partial charge in [-0.2, -0.15) is 0 Å². The van der Waals surface area contributed by atoms with Crippen LogP contribution in [0.4, 0.5) is 0 Å². The summed E-state index contributed by atoms with van der Waals surface area (Å²) in [7, 11) is -3.99. The molecule has 0 radical (unpaired) electrons. The van der Waals surface area contributed by atoms with Crippen LogP contribution in [0.3, 0.4) is 0 Å². The first kappa shape index (κ1) is 20.8. The van der Waals surface area contributed by atoms with Gasteiger partial charge in [-0.1, -0.05) is 0 Å². The summed E-state index contributed by atoms with van der Waals surface area (Å²) >= 11 is 0. The third-order valence-electron chi connectivity index (χ3n) is 4.75. The molecule has 0 bridgehead atoms. The highest BCUT2D eigenvalue weighted by Gasteiger charge is 2.16. The van der Waals surface area contributed by atoms with Gasteiger partial charge in [0.25, 0.3) is 0 Å². The van der Waals surface area contributed by atoms with Crippen molar-refractivity contribution < 1.29 is 17.5 Å². The minimum Gasteiger partial charge on any atom is -0.748 e. The normalized spacial score (nSPS) is 16.6. The summed E-state index contributed by atoms with van der Waals surface area (Å²) in [6.45, 7) is 17.1. The molecule has 6 heteroatoms. The molecule has 21 heavy (non-hydrogen) atoms. The summed E-state index contributed by atoms with van der Waals surface area (Å²) in [5.74, 6) is -0.219. The lowest BCUT2D eigenvalue weighted by atomic mass is 10.3. The minimum atomic E-state index is -3.99. The fourth-order valence-corrected chi connectivity index (χ4v) is 3.30. The van der Waals surface area contributed by atoms with Gasteiger partial charge >= 0.3 is 0 Å². The molecule has 0 aromatic rings. The number of quaternary nitrogens is 1. The second-order valence-corrected chi connectivity index (χ2v) is 7.29. The Morgan fingerprint density at radius 1 is 0.952 bits per heavy atom. The Balaban J connectivity index is 0.000000400. The maximum atomic E-state index is 10.2. The largest absolute Gasteiger partial charge is 0.748 e. The van der Waals surface area contributed by atoms with E-state index < -0.39 is 10.1 Å². The van der Waals surface area contributed by atoms with Gasteiger partial charge < -0.3 is 13.9 Å². The number of rotatable bonds is 8. The van der Waals surface area contributed by atoms with E-state index in [4.69, 9.17) is 0 Å². The van der Waals surface area contributed by atoms with Crippen molar-refractivity contribution in [1.82, 2.24) is 4.90 Å². The average Bonchev–Trinajstić information content (AvgIpc) is 2.95. The van der Waals surface area contributed by atoms with Crippen LogP contribution < -0.4 is 0 Å². The lowest BCUT2D eigenvalue weighted by Gasteiger charge is -2.34. The number of hydrogen-bond donors (Lipinski definition) is 0. The van der Waals surface area contributed by atoms with Crippen molar-refractivity contribution in [1.29, 1.82) is 0 Å². The van der Waals surface area contributed by atoms with Gasteiger partial charge in [0.05, 0.1) is 36.3 Å². The minimum absolute atomic E-state index is 0.219. The lowest BCUT2D eigenvalue weighted by Crippen LogP contribution is -2.47. The molecule has 1 heterocycles. The molecule has 1 aliphatic rings. The zero-order chi connectivity index (χ0) is 16.4. The molecule has 1 rings (SSSR count). The highest BCUT2D eigenvalue weighted by atomic mass is 32.2. The summed E-state index contributed by atoms with van der Waals surface area (Å²) in [5, 5.41) is 0.